The number of barbiturate groups is 1. The van der Waals surface area contributed by atoms with Crippen molar-refractivity contribution in [3.8, 4) is 0 Å². The molecule has 1 fully saturated rings. The predicted octanol–water partition coefficient (Wildman–Crippen LogP) is 4.96. The zero-order valence-corrected chi connectivity index (χ0v) is 19.7. The van der Waals surface area contributed by atoms with Gasteiger partial charge in [0.1, 0.15) is 5.41 Å². The van der Waals surface area contributed by atoms with Crippen LogP contribution in [0.15, 0.2) is 73.1 Å². The van der Waals surface area contributed by atoms with Crippen LogP contribution in [0, 0.1) is 12.3 Å². The number of aryl methyl sites for hydroxylation is 2. The number of anilines is 1. The number of amides is 4. The van der Waals surface area contributed by atoms with E-state index < -0.39 is 23.3 Å². The number of carbonyl (C=O) groups excluding carboxylic acids is 3. The van der Waals surface area contributed by atoms with Gasteiger partial charge >= 0.3 is 6.03 Å². The van der Waals surface area contributed by atoms with Crippen LogP contribution >= 0.6 is 0 Å². The molecule has 4 rings (SSSR count). The van der Waals surface area contributed by atoms with Crippen LogP contribution in [0.5, 0.6) is 0 Å². The predicted molar refractivity (Wildman–Crippen MR) is 131 cm³/mol. The maximum absolute atomic E-state index is 14.0. The number of nitrogens with zero attached hydrogens (tertiary/aromatic N) is 2. The maximum atomic E-state index is 14.0. The summed E-state index contributed by atoms with van der Waals surface area (Å²) in [4.78, 5) is 45.4. The molecule has 6 heteroatoms. The number of aromatic nitrogens is 1. The number of benzene rings is 2. The van der Waals surface area contributed by atoms with E-state index >= 15 is 0 Å². The van der Waals surface area contributed by atoms with Gasteiger partial charge in [0.15, 0.2) is 0 Å². The fourth-order valence-electron chi connectivity index (χ4n) is 4.42. The summed E-state index contributed by atoms with van der Waals surface area (Å²) in [6.45, 7) is 6.14. The summed E-state index contributed by atoms with van der Waals surface area (Å²) in [7, 11) is 0. The lowest BCUT2D eigenvalue weighted by molar-refractivity contribution is -0.143. The molecule has 1 aliphatic rings. The van der Waals surface area contributed by atoms with E-state index in [-0.39, 0.29) is 12.8 Å². The summed E-state index contributed by atoms with van der Waals surface area (Å²) in [6, 6.07) is 18.2. The van der Waals surface area contributed by atoms with Crippen molar-refractivity contribution in [1.82, 2.24) is 10.3 Å². The van der Waals surface area contributed by atoms with E-state index in [1.54, 1.807) is 30.6 Å². The highest BCUT2D eigenvalue weighted by Crippen LogP contribution is 2.37. The van der Waals surface area contributed by atoms with E-state index in [4.69, 9.17) is 0 Å². The van der Waals surface area contributed by atoms with Crippen molar-refractivity contribution in [3.63, 3.8) is 0 Å². The monoisotopic (exact) mass is 455 g/mol. The first-order valence-electron chi connectivity index (χ1n) is 11.5. The summed E-state index contributed by atoms with van der Waals surface area (Å²) >= 11 is 0. The van der Waals surface area contributed by atoms with Crippen LogP contribution in [0.1, 0.15) is 48.4 Å². The molecule has 1 aliphatic heterocycles. The van der Waals surface area contributed by atoms with E-state index in [9.17, 15) is 14.4 Å². The lowest BCUT2D eigenvalue weighted by Crippen LogP contribution is -2.65. The molecule has 1 saturated heterocycles. The molecule has 0 saturated carbocycles. The van der Waals surface area contributed by atoms with E-state index in [0.717, 1.165) is 21.6 Å². The van der Waals surface area contributed by atoms with Gasteiger partial charge in [-0.1, -0.05) is 50.2 Å². The molecule has 1 aromatic heterocycles. The van der Waals surface area contributed by atoms with Crippen molar-refractivity contribution in [2.24, 2.45) is 5.41 Å². The first kappa shape index (κ1) is 23.4. The maximum Gasteiger partial charge on any atom is 0.335 e. The standard InChI is InChI=1S/C28H29N3O3/c1-19(2)23-9-7-22(8-10-23)18-28(14-11-21-12-15-29-16-13-21)25(32)30-27(34)31(26(28)33)24-6-4-5-20(3)17-24/h4-10,12-13,15-17,19H,11,14,18H2,1-3H3,(H,30,32,34)/t28-/m1/s1. The molecule has 0 aliphatic carbocycles. The Balaban J connectivity index is 1.74. The second-order valence-electron chi connectivity index (χ2n) is 9.25. The Kier molecular flexibility index (Phi) is 6.59. The molecule has 0 unspecified atom stereocenters. The molecule has 2 heterocycles. The van der Waals surface area contributed by atoms with Crippen molar-refractivity contribution in [1.29, 1.82) is 0 Å². The van der Waals surface area contributed by atoms with E-state index in [2.05, 4.69) is 24.1 Å². The van der Waals surface area contributed by atoms with Crippen molar-refractivity contribution in [3.05, 3.63) is 95.3 Å². The molecule has 34 heavy (non-hydrogen) atoms. The van der Waals surface area contributed by atoms with Gasteiger partial charge in [0.05, 0.1) is 5.69 Å². The Labute approximate surface area is 200 Å². The topological polar surface area (TPSA) is 79.4 Å². The molecule has 0 spiro atoms. The van der Waals surface area contributed by atoms with Gasteiger partial charge in [-0.15, -0.1) is 0 Å². The SMILES string of the molecule is Cc1cccc(N2C(=O)NC(=O)[C@@](CCc3ccncc3)(Cc3ccc(C(C)C)cc3)C2=O)c1. The largest absolute Gasteiger partial charge is 0.335 e. The van der Waals surface area contributed by atoms with Gasteiger partial charge in [-0.05, 0) is 78.6 Å². The highest BCUT2D eigenvalue weighted by molar-refractivity contribution is 6.30. The third kappa shape index (κ3) is 4.62. The number of carbonyl (C=O) groups is 3. The van der Waals surface area contributed by atoms with Crippen LogP contribution < -0.4 is 10.2 Å². The summed E-state index contributed by atoms with van der Waals surface area (Å²) in [6.07, 6.45) is 4.36. The van der Waals surface area contributed by atoms with Gasteiger partial charge in [0, 0.05) is 12.4 Å². The Hall–Kier alpha value is -3.80. The van der Waals surface area contributed by atoms with Gasteiger partial charge in [0.2, 0.25) is 5.91 Å². The molecule has 3 aromatic rings. The average molecular weight is 456 g/mol. The molecule has 6 nitrogen and oxygen atoms in total. The number of hydrogen-bond donors (Lipinski definition) is 1. The van der Waals surface area contributed by atoms with E-state index in [1.165, 1.54) is 5.56 Å². The van der Waals surface area contributed by atoms with Crippen molar-refractivity contribution in [2.45, 2.75) is 46.0 Å². The van der Waals surface area contributed by atoms with Gasteiger partial charge in [0.25, 0.3) is 5.91 Å². The lowest BCUT2D eigenvalue weighted by atomic mass is 9.73. The number of hydrogen-bond acceptors (Lipinski definition) is 4. The average Bonchev–Trinajstić information content (AvgIpc) is 2.82. The summed E-state index contributed by atoms with van der Waals surface area (Å²) in [5.74, 6) is -0.661. The second kappa shape index (κ2) is 9.59. The number of rotatable bonds is 7. The van der Waals surface area contributed by atoms with Gasteiger partial charge in [-0.2, -0.15) is 0 Å². The summed E-state index contributed by atoms with van der Waals surface area (Å²) < 4.78 is 0. The Morgan fingerprint density at radius 1 is 0.941 bits per heavy atom. The van der Waals surface area contributed by atoms with Crippen LogP contribution in [0.4, 0.5) is 10.5 Å². The van der Waals surface area contributed by atoms with Crippen molar-refractivity contribution >= 4 is 23.5 Å². The summed E-state index contributed by atoms with van der Waals surface area (Å²) in [5, 5.41) is 2.47. The number of imide groups is 2. The van der Waals surface area contributed by atoms with Gasteiger partial charge < -0.3 is 0 Å². The molecule has 1 atom stereocenters. The zero-order chi connectivity index (χ0) is 24.3. The fraction of sp³-hybridized carbons (Fsp3) is 0.286. The van der Waals surface area contributed by atoms with Crippen LogP contribution in [-0.4, -0.2) is 22.8 Å². The minimum Gasteiger partial charge on any atom is -0.276 e. The first-order valence-corrected chi connectivity index (χ1v) is 11.5. The molecule has 0 bridgehead atoms. The molecule has 4 amide bonds. The summed E-state index contributed by atoms with van der Waals surface area (Å²) in [5.41, 5.74) is 3.00. The molecule has 2 aromatic carbocycles. The lowest BCUT2D eigenvalue weighted by Gasteiger charge is -2.39. The number of pyridine rings is 1. The fourth-order valence-corrected chi connectivity index (χ4v) is 4.42. The Bertz CT molecular complexity index is 1210. The second-order valence-corrected chi connectivity index (χ2v) is 9.25. The zero-order valence-electron chi connectivity index (χ0n) is 19.7. The van der Waals surface area contributed by atoms with E-state index in [1.807, 2.05) is 49.4 Å². The first-order chi connectivity index (χ1) is 16.3. The highest BCUT2D eigenvalue weighted by Gasteiger charge is 2.53. The molecular formula is C28H29N3O3. The van der Waals surface area contributed by atoms with Crippen LogP contribution in [0.25, 0.3) is 0 Å². The smallest absolute Gasteiger partial charge is 0.276 e. The molecule has 0 radical (unpaired) electrons. The van der Waals surface area contributed by atoms with Crippen LogP contribution in [-0.2, 0) is 22.4 Å². The van der Waals surface area contributed by atoms with Crippen LogP contribution in [0.3, 0.4) is 0 Å². The number of urea groups is 1. The number of nitrogens with one attached hydrogen (secondary N) is 1. The minimum absolute atomic E-state index is 0.205. The van der Waals surface area contributed by atoms with Gasteiger partial charge in [-0.25, -0.2) is 9.69 Å². The molecular weight excluding hydrogens is 426 g/mol. The van der Waals surface area contributed by atoms with Crippen LogP contribution in [0.2, 0.25) is 0 Å². The quantitative estimate of drug-likeness (QED) is 0.511. The Morgan fingerprint density at radius 2 is 1.65 bits per heavy atom. The molecule has 174 valence electrons. The van der Waals surface area contributed by atoms with Gasteiger partial charge in [-0.3, -0.25) is 19.9 Å². The molecule has 1 N–H and O–H groups in total. The van der Waals surface area contributed by atoms with E-state index in [0.29, 0.717) is 18.0 Å². The van der Waals surface area contributed by atoms with Crippen molar-refractivity contribution in [2.75, 3.05) is 4.90 Å². The normalized spacial score (nSPS) is 18.4. The third-order valence-electron chi connectivity index (χ3n) is 6.47. The highest BCUT2D eigenvalue weighted by atomic mass is 16.2. The third-order valence-corrected chi connectivity index (χ3v) is 6.47. The Morgan fingerprint density at radius 3 is 2.29 bits per heavy atom. The minimum atomic E-state index is -1.42. The van der Waals surface area contributed by atoms with Crippen molar-refractivity contribution < 1.29 is 14.4 Å².